The van der Waals surface area contributed by atoms with E-state index in [2.05, 4.69) is 49.9 Å². The summed E-state index contributed by atoms with van der Waals surface area (Å²) in [6.07, 6.45) is 2.67. The number of hydrogen-bond acceptors (Lipinski definition) is 3. The number of methoxy groups -OCH3 is 1. The molecule has 0 radical (unpaired) electrons. The third-order valence-corrected chi connectivity index (χ3v) is 4.53. The van der Waals surface area contributed by atoms with Gasteiger partial charge in [-0.3, -0.25) is 0 Å². The molecule has 2 rings (SSSR count). The van der Waals surface area contributed by atoms with Gasteiger partial charge in [0.15, 0.2) is 0 Å². The number of rotatable bonds is 4. The highest BCUT2D eigenvalue weighted by Gasteiger charge is 2.21. The Balaban J connectivity index is 1.90. The number of likely N-dealkylation sites (tertiary alicyclic amines) is 1. The van der Waals surface area contributed by atoms with Crippen molar-refractivity contribution in [3.63, 3.8) is 0 Å². The van der Waals surface area contributed by atoms with Gasteiger partial charge in [-0.1, -0.05) is 45.0 Å². The largest absolute Gasteiger partial charge is 0.381 e. The second kappa shape index (κ2) is 6.91. The van der Waals surface area contributed by atoms with Gasteiger partial charge in [-0.2, -0.15) is 0 Å². The first kappa shape index (κ1) is 16.5. The zero-order chi connectivity index (χ0) is 15.5. The van der Waals surface area contributed by atoms with Gasteiger partial charge < -0.3 is 15.4 Å². The van der Waals surface area contributed by atoms with Crippen LogP contribution in [-0.4, -0.2) is 37.7 Å². The van der Waals surface area contributed by atoms with E-state index in [0.717, 1.165) is 32.5 Å². The molecule has 1 unspecified atom stereocenters. The number of nitrogens with zero attached hydrogens (tertiary/aromatic N) is 1. The van der Waals surface area contributed by atoms with Crippen molar-refractivity contribution < 1.29 is 4.74 Å². The Kier molecular flexibility index (Phi) is 5.42. The number of hydrogen-bond donors (Lipinski definition) is 1. The Morgan fingerprint density at radius 3 is 2.24 bits per heavy atom. The zero-order valence-corrected chi connectivity index (χ0v) is 13.9. The molecule has 1 fully saturated rings. The molecule has 1 aliphatic heterocycles. The summed E-state index contributed by atoms with van der Waals surface area (Å²) in [5.74, 6) is 0. The molecule has 0 amide bonds. The highest BCUT2D eigenvalue weighted by atomic mass is 16.5. The highest BCUT2D eigenvalue weighted by Crippen LogP contribution is 2.24. The van der Waals surface area contributed by atoms with Gasteiger partial charge in [0.25, 0.3) is 0 Å². The third kappa shape index (κ3) is 4.53. The van der Waals surface area contributed by atoms with E-state index in [4.69, 9.17) is 10.5 Å². The lowest BCUT2D eigenvalue weighted by Crippen LogP contribution is -2.40. The SMILES string of the molecule is COC1CCN(CC(N)c2ccc(C(C)(C)C)cc2)CC1. The summed E-state index contributed by atoms with van der Waals surface area (Å²) in [4.78, 5) is 2.46. The van der Waals surface area contributed by atoms with Crippen LogP contribution in [0.25, 0.3) is 0 Å². The third-order valence-electron chi connectivity index (χ3n) is 4.53. The van der Waals surface area contributed by atoms with E-state index < -0.39 is 0 Å². The maximum atomic E-state index is 6.38. The molecule has 0 bridgehead atoms. The van der Waals surface area contributed by atoms with Crippen molar-refractivity contribution >= 4 is 0 Å². The average Bonchev–Trinajstić information content (AvgIpc) is 2.47. The predicted octanol–water partition coefficient (Wildman–Crippen LogP) is 3.09. The maximum Gasteiger partial charge on any atom is 0.0595 e. The number of piperidine rings is 1. The highest BCUT2D eigenvalue weighted by molar-refractivity contribution is 5.29. The number of ether oxygens (including phenoxy) is 1. The van der Waals surface area contributed by atoms with Crippen molar-refractivity contribution in [1.82, 2.24) is 4.90 Å². The van der Waals surface area contributed by atoms with Crippen LogP contribution in [0.3, 0.4) is 0 Å². The topological polar surface area (TPSA) is 38.5 Å². The van der Waals surface area contributed by atoms with Gasteiger partial charge in [0.2, 0.25) is 0 Å². The van der Waals surface area contributed by atoms with E-state index in [1.54, 1.807) is 0 Å². The van der Waals surface area contributed by atoms with E-state index in [-0.39, 0.29) is 11.5 Å². The zero-order valence-electron chi connectivity index (χ0n) is 13.9. The summed E-state index contributed by atoms with van der Waals surface area (Å²) in [7, 11) is 1.81. The van der Waals surface area contributed by atoms with Crippen molar-refractivity contribution in [2.75, 3.05) is 26.7 Å². The Hall–Kier alpha value is -0.900. The number of benzene rings is 1. The Morgan fingerprint density at radius 2 is 1.76 bits per heavy atom. The van der Waals surface area contributed by atoms with Crippen LogP contribution in [0.4, 0.5) is 0 Å². The molecule has 3 heteroatoms. The molecule has 1 heterocycles. The molecule has 1 aromatic carbocycles. The summed E-state index contributed by atoms with van der Waals surface area (Å²) in [5, 5.41) is 0. The van der Waals surface area contributed by atoms with Gasteiger partial charge in [0.1, 0.15) is 0 Å². The van der Waals surface area contributed by atoms with Crippen LogP contribution >= 0.6 is 0 Å². The fourth-order valence-corrected chi connectivity index (χ4v) is 2.94. The van der Waals surface area contributed by atoms with Crippen molar-refractivity contribution in [3.05, 3.63) is 35.4 Å². The second-order valence-electron chi connectivity index (χ2n) is 7.21. The molecule has 1 saturated heterocycles. The standard InChI is InChI=1S/C18H30N2O/c1-18(2,3)15-7-5-14(6-8-15)17(19)13-20-11-9-16(21-4)10-12-20/h5-8,16-17H,9-13,19H2,1-4H3. The molecule has 0 saturated carbocycles. The van der Waals surface area contributed by atoms with Crippen LogP contribution in [0.5, 0.6) is 0 Å². The lowest BCUT2D eigenvalue weighted by Gasteiger charge is -2.33. The van der Waals surface area contributed by atoms with E-state index >= 15 is 0 Å². The van der Waals surface area contributed by atoms with Gasteiger partial charge in [-0.25, -0.2) is 0 Å². The fourth-order valence-electron chi connectivity index (χ4n) is 2.94. The van der Waals surface area contributed by atoms with Gasteiger partial charge in [-0.15, -0.1) is 0 Å². The van der Waals surface area contributed by atoms with Crippen molar-refractivity contribution in [1.29, 1.82) is 0 Å². The molecule has 1 atom stereocenters. The summed E-state index contributed by atoms with van der Waals surface area (Å²) in [6.45, 7) is 9.83. The van der Waals surface area contributed by atoms with Crippen molar-refractivity contribution in [2.45, 2.75) is 51.2 Å². The van der Waals surface area contributed by atoms with E-state index in [0.29, 0.717) is 6.10 Å². The summed E-state index contributed by atoms with van der Waals surface area (Å²) >= 11 is 0. The van der Waals surface area contributed by atoms with Gasteiger partial charge in [-0.05, 0) is 29.4 Å². The molecule has 0 spiro atoms. The minimum absolute atomic E-state index is 0.0955. The molecular formula is C18H30N2O. The first-order chi connectivity index (χ1) is 9.90. The first-order valence-corrected chi connectivity index (χ1v) is 8.01. The molecule has 1 aliphatic rings. The van der Waals surface area contributed by atoms with Crippen molar-refractivity contribution in [3.8, 4) is 0 Å². The lowest BCUT2D eigenvalue weighted by molar-refractivity contribution is 0.0395. The monoisotopic (exact) mass is 290 g/mol. The van der Waals surface area contributed by atoms with E-state index in [1.807, 2.05) is 7.11 Å². The summed E-state index contributed by atoms with van der Waals surface area (Å²) in [5.41, 5.74) is 9.17. The van der Waals surface area contributed by atoms with E-state index in [1.165, 1.54) is 11.1 Å². The molecule has 3 nitrogen and oxygen atoms in total. The lowest BCUT2D eigenvalue weighted by atomic mass is 9.86. The maximum absolute atomic E-state index is 6.38. The normalized spacial score (nSPS) is 19.7. The van der Waals surface area contributed by atoms with Crippen LogP contribution in [0.1, 0.15) is 50.8 Å². The summed E-state index contributed by atoms with van der Waals surface area (Å²) < 4.78 is 5.42. The van der Waals surface area contributed by atoms with Crippen LogP contribution in [0.15, 0.2) is 24.3 Å². The van der Waals surface area contributed by atoms with Gasteiger partial charge in [0, 0.05) is 32.8 Å². The molecule has 2 N–H and O–H groups in total. The Bertz CT molecular complexity index is 428. The average molecular weight is 290 g/mol. The van der Waals surface area contributed by atoms with Crippen molar-refractivity contribution in [2.24, 2.45) is 5.73 Å². The predicted molar refractivity (Wildman–Crippen MR) is 88.5 cm³/mol. The second-order valence-corrected chi connectivity index (χ2v) is 7.21. The van der Waals surface area contributed by atoms with Crippen LogP contribution in [-0.2, 0) is 10.2 Å². The van der Waals surface area contributed by atoms with Gasteiger partial charge >= 0.3 is 0 Å². The molecule has 0 aromatic heterocycles. The van der Waals surface area contributed by atoms with Crippen LogP contribution in [0.2, 0.25) is 0 Å². The molecule has 21 heavy (non-hydrogen) atoms. The fraction of sp³-hybridized carbons (Fsp3) is 0.667. The Morgan fingerprint density at radius 1 is 1.19 bits per heavy atom. The van der Waals surface area contributed by atoms with Crippen LogP contribution < -0.4 is 5.73 Å². The minimum atomic E-state index is 0.0955. The smallest absolute Gasteiger partial charge is 0.0595 e. The minimum Gasteiger partial charge on any atom is -0.381 e. The summed E-state index contributed by atoms with van der Waals surface area (Å²) in [6, 6.07) is 8.90. The first-order valence-electron chi connectivity index (χ1n) is 8.01. The van der Waals surface area contributed by atoms with E-state index in [9.17, 15) is 0 Å². The molecule has 118 valence electrons. The molecular weight excluding hydrogens is 260 g/mol. The Labute approximate surface area is 129 Å². The quantitative estimate of drug-likeness (QED) is 0.926. The van der Waals surface area contributed by atoms with Gasteiger partial charge in [0.05, 0.1) is 6.10 Å². The van der Waals surface area contributed by atoms with Crippen LogP contribution in [0, 0.1) is 0 Å². The molecule has 1 aromatic rings. The number of nitrogens with two attached hydrogens (primary N) is 1. The molecule has 0 aliphatic carbocycles.